The Hall–Kier alpha value is -0.0800. The lowest BCUT2D eigenvalue weighted by Crippen LogP contribution is -2.31. The maximum Gasteiger partial charge on any atom is 0.156 e. The van der Waals surface area contributed by atoms with Crippen molar-refractivity contribution in [2.24, 2.45) is 5.41 Å². The van der Waals surface area contributed by atoms with E-state index in [1.165, 1.54) is 0 Å². The highest BCUT2D eigenvalue weighted by molar-refractivity contribution is 4.75. The normalized spacial score (nSPS) is 16.5. The Kier molecular flexibility index (Phi) is 5.51. The van der Waals surface area contributed by atoms with Gasteiger partial charge >= 0.3 is 0 Å². The van der Waals surface area contributed by atoms with E-state index in [-0.39, 0.29) is 5.41 Å². The van der Waals surface area contributed by atoms with Gasteiger partial charge in [0, 0.05) is 5.41 Å². The molecule has 2 heteroatoms. The first-order chi connectivity index (χ1) is 5.56. The molecule has 0 aliphatic heterocycles. The van der Waals surface area contributed by atoms with Crippen molar-refractivity contribution in [1.82, 2.24) is 0 Å². The maximum atomic E-state index is 9.18. The van der Waals surface area contributed by atoms with Gasteiger partial charge in [0.05, 0.1) is 0 Å². The Labute approximate surface area is 75.6 Å². The SMILES string of the molecule is CCCCC(C)(CCC)C(O)O. The molecule has 0 bridgehead atoms. The molecule has 0 saturated carbocycles. The molecular formula is C10H22O2. The van der Waals surface area contributed by atoms with E-state index in [0.29, 0.717) is 0 Å². The van der Waals surface area contributed by atoms with Crippen molar-refractivity contribution in [1.29, 1.82) is 0 Å². The first kappa shape index (κ1) is 11.9. The Morgan fingerprint density at radius 2 is 1.67 bits per heavy atom. The van der Waals surface area contributed by atoms with Gasteiger partial charge in [-0.3, -0.25) is 0 Å². The highest BCUT2D eigenvalue weighted by atomic mass is 16.5. The monoisotopic (exact) mass is 174 g/mol. The van der Waals surface area contributed by atoms with Crippen LogP contribution in [-0.2, 0) is 0 Å². The molecule has 0 aromatic heterocycles. The molecule has 0 aliphatic rings. The molecule has 2 N–H and O–H groups in total. The van der Waals surface area contributed by atoms with Gasteiger partial charge in [0.15, 0.2) is 6.29 Å². The van der Waals surface area contributed by atoms with Crippen LogP contribution in [0.3, 0.4) is 0 Å². The second kappa shape index (κ2) is 5.55. The minimum absolute atomic E-state index is 0.287. The first-order valence-corrected chi connectivity index (χ1v) is 4.93. The summed E-state index contributed by atoms with van der Waals surface area (Å²) in [6.45, 7) is 6.15. The number of hydrogen-bond donors (Lipinski definition) is 2. The van der Waals surface area contributed by atoms with Gasteiger partial charge < -0.3 is 10.2 Å². The molecule has 0 aromatic carbocycles. The summed E-state index contributed by atoms with van der Waals surface area (Å²) < 4.78 is 0. The molecule has 0 heterocycles. The van der Waals surface area contributed by atoms with Crippen molar-refractivity contribution in [2.75, 3.05) is 0 Å². The number of unbranched alkanes of at least 4 members (excludes halogenated alkanes) is 1. The predicted molar refractivity (Wildman–Crippen MR) is 50.8 cm³/mol. The highest BCUT2D eigenvalue weighted by Crippen LogP contribution is 2.32. The van der Waals surface area contributed by atoms with Gasteiger partial charge in [-0.15, -0.1) is 0 Å². The van der Waals surface area contributed by atoms with E-state index in [0.717, 1.165) is 32.1 Å². The Morgan fingerprint density at radius 3 is 2.00 bits per heavy atom. The average molecular weight is 174 g/mol. The molecule has 0 amide bonds. The average Bonchev–Trinajstić information content (AvgIpc) is 2.01. The molecule has 74 valence electrons. The van der Waals surface area contributed by atoms with Gasteiger partial charge in [-0.25, -0.2) is 0 Å². The second-order valence-corrected chi connectivity index (χ2v) is 3.88. The lowest BCUT2D eigenvalue weighted by molar-refractivity contribution is -0.135. The van der Waals surface area contributed by atoms with Gasteiger partial charge in [0.1, 0.15) is 0 Å². The summed E-state index contributed by atoms with van der Waals surface area (Å²) >= 11 is 0. The highest BCUT2D eigenvalue weighted by Gasteiger charge is 2.29. The summed E-state index contributed by atoms with van der Waals surface area (Å²) in [5, 5.41) is 18.4. The van der Waals surface area contributed by atoms with Gasteiger partial charge in [-0.1, -0.05) is 40.0 Å². The fraction of sp³-hybridized carbons (Fsp3) is 1.00. The summed E-state index contributed by atoms with van der Waals surface area (Å²) in [4.78, 5) is 0. The van der Waals surface area contributed by atoms with E-state index in [9.17, 15) is 10.2 Å². The largest absolute Gasteiger partial charge is 0.368 e. The van der Waals surface area contributed by atoms with E-state index in [1.54, 1.807) is 0 Å². The molecule has 0 saturated heterocycles. The Bertz CT molecular complexity index is 112. The summed E-state index contributed by atoms with van der Waals surface area (Å²) in [5.41, 5.74) is -0.287. The third kappa shape index (κ3) is 3.55. The van der Waals surface area contributed by atoms with Crippen LogP contribution in [0.2, 0.25) is 0 Å². The molecule has 1 unspecified atom stereocenters. The van der Waals surface area contributed by atoms with E-state index in [2.05, 4.69) is 13.8 Å². The van der Waals surface area contributed by atoms with Crippen LogP contribution in [0.25, 0.3) is 0 Å². The van der Waals surface area contributed by atoms with Crippen molar-refractivity contribution in [3.05, 3.63) is 0 Å². The number of hydrogen-bond acceptors (Lipinski definition) is 2. The summed E-state index contributed by atoms with van der Waals surface area (Å²) in [6.07, 6.45) is 3.85. The predicted octanol–water partition coefficient (Wildman–Crippen LogP) is 2.29. The van der Waals surface area contributed by atoms with Gasteiger partial charge in [0.25, 0.3) is 0 Å². The van der Waals surface area contributed by atoms with Crippen molar-refractivity contribution in [2.45, 2.75) is 59.2 Å². The van der Waals surface area contributed by atoms with Crippen LogP contribution in [0.15, 0.2) is 0 Å². The molecule has 0 radical (unpaired) electrons. The summed E-state index contributed by atoms with van der Waals surface area (Å²) in [5.74, 6) is 0. The minimum atomic E-state index is -1.16. The zero-order chi connectivity index (χ0) is 9.61. The number of rotatable bonds is 6. The Balaban J connectivity index is 3.99. The van der Waals surface area contributed by atoms with Gasteiger partial charge in [-0.2, -0.15) is 0 Å². The molecular weight excluding hydrogens is 152 g/mol. The topological polar surface area (TPSA) is 40.5 Å². The standard InChI is InChI=1S/C10H22O2/c1-4-6-8-10(3,7-5-2)9(11)12/h9,11-12H,4-8H2,1-3H3. The molecule has 0 aromatic rings. The maximum absolute atomic E-state index is 9.18. The number of aliphatic hydroxyl groups is 2. The van der Waals surface area contributed by atoms with Crippen molar-refractivity contribution < 1.29 is 10.2 Å². The zero-order valence-corrected chi connectivity index (χ0v) is 8.51. The second-order valence-electron chi connectivity index (χ2n) is 3.88. The summed E-state index contributed by atoms with van der Waals surface area (Å²) in [6, 6.07) is 0. The van der Waals surface area contributed by atoms with Crippen molar-refractivity contribution in [3.63, 3.8) is 0 Å². The lowest BCUT2D eigenvalue weighted by atomic mass is 9.80. The molecule has 12 heavy (non-hydrogen) atoms. The lowest BCUT2D eigenvalue weighted by Gasteiger charge is -2.31. The zero-order valence-electron chi connectivity index (χ0n) is 8.51. The molecule has 2 nitrogen and oxygen atoms in total. The fourth-order valence-electron chi connectivity index (χ4n) is 1.53. The minimum Gasteiger partial charge on any atom is -0.368 e. The van der Waals surface area contributed by atoms with Crippen LogP contribution in [0.4, 0.5) is 0 Å². The van der Waals surface area contributed by atoms with Crippen LogP contribution in [-0.4, -0.2) is 16.5 Å². The van der Waals surface area contributed by atoms with Gasteiger partial charge in [0.2, 0.25) is 0 Å². The Morgan fingerprint density at radius 1 is 1.08 bits per heavy atom. The fourth-order valence-corrected chi connectivity index (χ4v) is 1.53. The van der Waals surface area contributed by atoms with Gasteiger partial charge in [-0.05, 0) is 12.8 Å². The van der Waals surface area contributed by atoms with Crippen molar-refractivity contribution in [3.8, 4) is 0 Å². The summed E-state index contributed by atoms with van der Waals surface area (Å²) in [7, 11) is 0. The van der Waals surface area contributed by atoms with Crippen LogP contribution < -0.4 is 0 Å². The van der Waals surface area contributed by atoms with Crippen molar-refractivity contribution >= 4 is 0 Å². The van der Waals surface area contributed by atoms with E-state index < -0.39 is 6.29 Å². The molecule has 0 rings (SSSR count). The van der Waals surface area contributed by atoms with Crippen LogP contribution in [0, 0.1) is 5.41 Å². The molecule has 0 fully saturated rings. The third-order valence-corrected chi connectivity index (χ3v) is 2.55. The smallest absolute Gasteiger partial charge is 0.156 e. The quantitative estimate of drug-likeness (QED) is 0.606. The van der Waals surface area contributed by atoms with Crippen LogP contribution in [0.5, 0.6) is 0 Å². The number of aliphatic hydroxyl groups excluding tert-OH is 1. The molecule has 0 spiro atoms. The molecule has 0 aliphatic carbocycles. The van der Waals surface area contributed by atoms with E-state index in [4.69, 9.17) is 0 Å². The van der Waals surface area contributed by atoms with Crippen LogP contribution in [0.1, 0.15) is 52.9 Å². The first-order valence-electron chi connectivity index (χ1n) is 4.93. The third-order valence-electron chi connectivity index (χ3n) is 2.55. The van der Waals surface area contributed by atoms with E-state index >= 15 is 0 Å². The van der Waals surface area contributed by atoms with Crippen LogP contribution >= 0.6 is 0 Å². The van der Waals surface area contributed by atoms with E-state index in [1.807, 2.05) is 6.92 Å². The molecule has 1 atom stereocenters.